The number of allylic oxidation sites excluding steroid dienone is 1. The molecule has 0 spiro atoms. The van der Waals surface area contributed by atoms with Crippen LogP contribution in [0.5, 0.6) is 0 Å². The number of esters is 1. The molecule has 0 atom stereocenters. The second kappa shape index (κ2) is 9.69. The lowest BCUT2D eigenvalue weighted by atomic mass is 10.1. The standard InChI is InChI=1S/C12H21FO2/c1-3-5-6-7-8-9-11(4-2)12(14)15-10-13/h9H,3-8,10H2,1-2H3. The first kappa shape index (κ1) is 14.1. The van der Waals surface area contributed by atoms with Gasteiger partial charge in [-0.15, -0.1) is 0 Å². The molecule has 0 aliphatic carbocycles. The predicted molar refractivity (Wildman–Crippen MR) is 59.2 cm³/mol. The number of hydrogen-bond donors (Lipinski definition) is 0. The first-order valence-corrected chi connectivity index (χ1v) is 5.68. The zero-order valence-electron chi connectivity index (χ0n) is 9.72. The quantitative estimate of drug-likeness (QED) is 0.351. The van der Waals surface area contributed by atoms with Crippen LogP contribution in [0.1, 0.15) is 52.4 Å². The number of carbonyl (C=O) groups is 1. The summed E-state index contributed by atoms with van der Waals surface area (Å²) in [6.45, 7) is 3.00. The van der Waals surface area contributed by atoms with Crippen LogP contribution in [-0.4, -0.2) is 12.8 Å². The molecule has 15 heavy (non-hydrogen) atoms. The lowest BCUT2D eigenvalue weighted by molar-refractivity contribution is -0.143. The van der Waals surface area contributed by atoms with Crippen LogP contribution in [-0.2, 0) is 9.53 Å². The molecule has 0 N–H and O–H groups in total. The third-order valence-corrected chi connectivity index (χ3v) is 2.28. The maximum absolute atomic E-state index is 11.8. The number of unbranched alkanes of at least 4 members (excludes halogenated alkanes) is 4. The van der Waals surface area contributed by atoms with Gasteiger partial charge in [-0.3, -0.25) is 0 Å². The monoisotopic (exact) mass is 216 g/mol. The molecule has 0 aromatic carbocycles. The topological polar surface area (TPSA) is 26.3 Å². The second-order valence-electron chi connectivity index (χ2n) is 3.47. The zero-order chi connectivity index (χ0) is 11.5. The van der Waals surface area contributed by atoms with Gasteiger partial charge in [0.05, 0.1) is 0 Å². The highest BCUT2D eigenvalue weighted by Crippen LogP contribution is 2.09. The largest absolute Gasteiger partial charge is 0.430 e. The van der Waals surface area contributed by atoms with Gasteiger partial charge in [-0.25, -0.2) is 9.18 Å². The molecule has 0 fully saturated rings. The number of hydrogen-bond acceptors (Lipinski definition) is 2. The van der Waals surface area contributed by atoms with Gasteiger partial charge in [0.1, 0.15) is 0 Å². The van der Waals surface area contributed by atoms with E-state index in [2.05, 4.69) is 11.7 Å². The minimum Gasteiger partial charge on any atom is -0.430 e. The lowest BCUT2D eigenvalue weighted by Crippen LogP contribution is -2.06. The SMILES string of the molecule is CCCCCCC=C(CC)C(=O)OCF. The molecule has 0 heterocycles. The molecule has 0 bridgehead atoms. The van der Waals surface area contributed by atoms with Gasteiger partial charge in [0, 0.05) is 5.57 Å². The van der Waals surface area contributed by atoms with E-state index in [4.69, 9.17) is 0 Å². The number of halogens is 1. The van der Waals surface area contributed by atoms with E-state index >= 15 is 0 Å². The zero-order valence-corrected chi connectivity index (χ0v) is 9.72. The number of rotatable bonds is 8. The van der Waals surface area contributed by atoms with Gasteiger partial charge in [-0.05, 0) is 19.3 Å². The van der Waals surface area contributed by atoms with E-state index in [1.807, 2.05) is 13.0 Å². The smallest absolute Gasteiger partial charge is 0.335 e. The lowest BCUT2D eigenvalue weighted by Gasteiger charge is -2.03. The molecule has 0 saturated carbocycles. The van der Waals surface area contributed by atoms with Crippen LogP contribution in [0.4, 0.5) is 4.39 Å². The van der Waals surface area contributed by atoms with Crippen molar-refractivity contribution in [2.45, 2.75) is 52.4 Å². The van der Waals surface area contributed by atoms with Gasteiger partial charge in [0.15, 0.2) is 0 Å². The number of alkyl halides is 1. The minimum atomic E-state index is -1.04. The Morgan fingerprint density at radius 1 is 1.27 bits per heavy atom. The highest BCUT2D eigenvalue weighted by atomic mass is 19.1. The molecule has 0 aromatic rings. The van der Waals surface area contributed by atoms with E-state index in [1.165, 1.54) is 19.3 Å². The van der Waals surface area contributed by atoms with Crippen LogP contribution in [0.3, 0.4) is 0 Å². The molecule has 0 rings (SSSR count). The Bertz CT molecular complexity index is 200. The first-order valence-electron chi connectivity index (χ1n) is 5.68. The summed E-state index contributed by atoms with van der Waals surface area (Å²) in [7, 11) is 0. The van der Waals surface area contributed by atoms with Crippen LogP contribution >= 0.6 is 0 Å². The van der Waals surface area contributed by atoms with E-state index in [0.29, 0.717) is 12.0 Å². The highest BCUT2D eigenvalue weighted by Gasteiger charge is 2.07. The van der Waals surface area contributed by atoms with E-state index < -0.39 is 12.8 Å². The van der Waals surface area contributed by atoms with E-state index in [9.17, 15) is 9.18 Å². The molecule has 3 heteroatoms. The van der Waals surface area contributed by atoms with Crippen molar-refractivity contribution in [1.29, 1.82) is 0 Å². The molecular formula is C12H21FO2. The Balaban J connectivity index is 3.83. The summed E-state index contributed by atoms with van der Waals surface area (Å²) in [5, 5.41) is 0. The summed E-state index contributed by atoms with van der Waals surface area (Å²) >= 11 is 0. The molecule has 88 valence electrons. The summed E-state index contributed by atoms with van der Waals surface area (Å²) in [5.74, 6) is -0.518. The van der Waals surface area contributed by atoms with Gasteiger partial charge < -0.3 is 4.74 Å². The van der Waals surface area contributed by atoms with Crippen molar-refractivity contribution in [2.75, 3.05) is 6.86 Å². The van der Waals surface area contributed by atoms with Crippen molar-refractivity contribution in [3.05, 3.63) is 11.6 Å². The molecule has 0 aliphatic rings. The summed E-state index contributed by atoms with van der Waals surface area (Å²) in [6, 6.07) is 0. The third-order valence-electron chi connectivity index (χ3n) is 2.28. The third kappa shape index (κ3) is 7.11. The number of carbonyl (C=O) groups excluding carboxylic acids is 1. The van der Waals surface area contributed by atoms with E-state index in [-0.39, 0.29) is 0 Å². The van der Waals surface area contributed by atoms with Crippen LogP contribution < -0.4 is 0 Å². The van der Waals surface area contributed by atoms with Crippen LogP contribution in [0.25, 0.3) is 0 Å². The summed E-state index contributed by atoms with van der Waals surface area (Å²) < 4.78 is 16.1. The summed E-state index contributed by atoms with van der Waals surface area (Å²) in [4.78, 5) is 11.2. The van der Waals surface area contributed by atoms with Crippen LogP contribution in [0, 0.1) is 0 Å². The van der Waals surface area contributed by atoms with Gasteiger partial charge in [0.2, 0.25) is 6.86 Å². The highest BCUT2D eigenvalue weighted by molar-refractivity contribution is 5.88. The minimum absolute atomic E-state index is 0.518. The molecule has 0 saturated heterocycles. The fourth-order valence-corrected chi connectivity index (χ4v) is 1.36. The summed E-state index contributed by atoms with van der Waals surface area (Å²) in [5.41, 5.74) is 0.587. The van der Waals surface area contributed by atoms with E-state index in [0.717, 1.165) is 12.8 Å². The van der Waals surface area contributed by atoms with Crippen LogP contribution in [0.2, 0.25) is 0 Å². The molecule has 2 nitrogen and oxygen atoms in total. The molecule has 0 unspecified atom stereocenters. The van der Waals surface area contributed by atoms with Gasteiger partial charge in [-0.1, -0.05) is 39.2 Å². The Hall–Kier alpha value is -0.860. The fourth-order valence-electron chi connectivity index (χ4n) is 1.36. The Labute approximate surface area is 91.5 Å². The van der Waals surface area contributed by atoms with Gasteiger partial charge in [-0.2, -0.15) is 0 Å². The van der Waals surface area contributed by atoms with Crippen molar-refractivity contribution in [1.82, 2.24) is 0 Å². The van der Waals surface area contributed by atoms with Crippen molar-refractivity contribution in [3.8, 4) is 0 Å². The van der Waals surface area contributed by atoms with Gasteiger partial charge >= 0.3 is 5.97 Å². The first-order chi connectivity index (χ1) is 7.26. The Kier molecular flexibility index (Phi) is 9.13. The molecule has 0 radical (unpaired) electrons. The van der Waals surface area contributed by atoms with Crippen molar-refractivity contribution in [2.24, 2.45) is 0 Å². The maximum Gasteiger partial charge on any atom is 0.335 e. The van der Waals surface area contributed by atoms with Crippen molar-refractivity contribution < 1.29 is 13.9 Å². The normalized spacial score (nSPS) is 11.5. The molecular weight excluding hydrogens is 195 g/mol. The average molecular weight is 216 g/mol. The maximum atomic E-state index is 11.8. The van der Waals surface area contributed by atoms with Crippen molar-refractivity contribution in [3.63, 3.8) is 0 Å². The Morgan fingerprint density at radius 3 is 2.53 bits per heavy atom. The van der Waals surface area contributed by atoms with E-state index in [1.54, 1.807) is 0 Å². The predicted octanol–water partition coefficient (Wildman–Crippen LogP) is 3.76. The average Bonchev–Trinajstić information content (AvgIpc) is 2.23. The summed E-state index contributed by atoms with van der Waals surface area (Å²) in [6.07, 6.45) is 8.05. The molecule has 0 aromatic heterocycles. The van der Waals surface area contributed by atoms with Crippen LogP contribution in [0.15, 0.2) is 11.6 Å². The fraction of sp³-hybridized carbons (Fsp3) is 0.750. The Morgan fingerprint density at radius 2 is 2.00 bits per heavy atom. The second-order valence-corrected chi connectivity index (χ2v) is 3.47. The van der Waals surface area contributed by atoms with Crippen molar-refractivity contribution >= 4 is 5.97 Å². The molecule has 0 aliphatic heterocycles. The molecule has 0 amide bonds. The van der Waals surface area contributed by atoms with Gasteiger partial charge in [0.25, 0.3) is 0 Å². The number of ether oxygens (including phenoxy) is 1.